The molecule has 96 valence electrons. The van der Waals surface area contributed by atoms with E-state index in [4.69, 9.17) is 5.11 Å². The highest BCUT2D eigenvalue weighted by atomic mass is 16.4. The van der Waals surface area contributed by atoms with Crippen LogP contribution in [0.25, 0.3) is 6.08 Å². The minimum absolute atomic E-state index is 0.0361. The number of hydrogen-bond donors (Lipinski definition) is 2. The second-order valence-electron chi connectivity index (χ2n) is 3.85. The van der Waals surface area contributed by atoms with Crippen LogP contribution in [0.2, 0.25) is 0 Å². The van der Waals surface area contributed by atoms with Gasteiger partial charge in [-0.05, 0) is 12.0 Å². The van der Waals surface area contributed by atoms with E-state index in [-0.39, 0.29) is 18.9 Å². The predicted molar refractivity (Wildman–Crippen MR) is 70.0 cm³/mol. The maximum Gasteiger partial charge on any atom is 0.305 e. The molecular formula is C14H17NO3. The summed E-state index contributed by atoms with van der Waals surface area (Å²) in [6.07, 6.45) is 4.89. The summed E-state index contributed by atoms with van der Waals surface area (Å²) in [6.45, 7) is 0.191. The molecule has 0 saturated carbocycles. The summed E-state index contributed by atoms with van der Waals surface area (Å²) >= 11 is 0. The quantitative estimate of drug-likeness (QED) is 0.775. The summed E-state index contributed by atoms with van der Waals surface area (Å²) in [5.74, 6) is -1.02. The van der Waals surface area contributed by atoms with Crippen molar-refractivity contribution in [2.45, 2.75) is 19.3 Å². The van der Waals surface area contributed by atoms with E-state index in [0.717, 1.165) is 5.56 Å². The van der Waals surface area contributed by atoms with E-state index in [1.807, 2.05) is 42.5 Å². The van der Waals surface area contributed by atoms with Gasteiger partial charge in [-0.1, -0.05) is 42.5 Å². The SMILES string of the molecule is O=C(O)CCNC(=O)CC/C=C/c1ccccc1. The molecule has 18 heavy (non-hydrogen) atoms. The number of allylic oxidation sites excluding steroid dienone is 1. The minimum atomic E-state index is -0.903. The molecule has 0 aliphatic rings. The van der Waals surface area contributed by atoms with Crippen LogP contribution < -0.4 is 5.32 Å². The fourth-order valence-corrected chi connectivity index (χ4v) is 1.40. The van der Waals surface area contributed by atoms with Gasteiger partial charge in [-0.2, -0.15) is 0 Å². The third-order valence-corrected chi connectivity index (χ3v) is 2.31. The van der Waals surface area contributed by atoms with Crippen LogP contribution in [0.1, 0.15) is 24.8 Å². The number of carboxylic acid groups (broad SMARTS) is 1. The van der Waals surface area contributed by atoms with E-state index in [9.17, 15) is 9.59 Å². The Morgan fingerprint density at radius 1 is 1.17 bits per heavy atom. The predicted octanol–water partition coefficient (Wildman–Crippen LogP) is 2.07. The van der Waals surface area contributed by atoms with Crippen molar-refractivity contribution in [2.24, 2.45) is 0 Å². The van der Waals surface area contributed by atoms with Crippen LogP contribution in [0, 0.1) is 0 Å². The molecule has 1 aromatic rings. The summed E-state index contributed by atoms with van der Waals surface area (Å²) < 4.78 is 0. The fraction of sp³-hybridized carbons (Fsp3) is 0.286. The lowest BCUT2D eigenvalue weighted by Gasteiger charge is -2.01. The lowest BCUT2D eigenvalue weighted by molar-refractivity contribution is -0.136. The van der Waals surface area contributed by atoms with Gasteiger partial charge in [-0.15, -0.1) is 0 Å². The normalized spacial score (nSPS) is 10.4. The Balaban J connectivity index is 2.15. The average Bonchev–Trinajstić information content (AvgIpc) is 2.35. The summed E-state index contributed by atoms with van der Waals surface area (Å²) in [5.41, 5.74) is 1.10. The monoisotopic (exact) mass is 247 g/mol. The van der Waals surface area contributed by atoms with Crippen molar-refractivity contribution in [3.8, 4) is 0 Å². The van der Waals surface area contributed by atoms with E-state index in [1.165, 1.54) is 0 Å². The first-order valence-electron chi connectivity index (χ1n) is 5.88. The van der Waals surface area contributed by atoms with Gasteiger partial charge in [0.2, 0.25) is 5.91 Å². The Kier molecular flexibility index (Phi) is 6.25. The lowest BCUT2D eigenvalue weighted by atomic mass is 10.2. The molecule has 4 heteroatoms. The highest BCUT2D eigenvalue weighted by Crippen LogP contribution is 2.02. The Morgan fingerprint density at radius 3 is 2.56 bits per heavy atom. The molecule has 0 aliphatic heterocycles. The summed E-state index contributed by atoms with van der Waals surface area (Å²) in [4.78, 5) is 21.5. The Morgan fingerprint density at radius 2 is 1.89 bits per heavy atom. The maximum absolute atomic E-state index is 11.3. The molecule has 0 spiro atoms. The molecule has 0 saturated heterocycles. The number of carboxylic acids is 1. The van der Waals surface area contributed by atoms with Crippen LogP contribution in [0.15, 0.2) is 36.4 Å². The number of hydrogen-bond acceptors (Lipinski definition) is 2. The van der Waals surface area contributed by atoms with Gasteiger partial charge in [0.1, 0.15) is 0 Å². The van der Waals surface area contributed by atoms with Gasteiger partial charge in [0, 0.05) is 13.0 Å². The van der Waals surface area contributed by atoms with E-state index in [2.05, 4.69) is 5.32 Å². The first-order valence-corrected chi connectivity index (χ1v) is 5.88. The van der Waals surface area contributed by atoms with E-state index >= 15 is 0 Å². The van der Waals surface area contributed by atoms with Crippen molar-refractivity contribution in [3.05, 3.63) is 42.0 Å². The molecule has 0 aliphatic carbocycles. The highest BCUT2D eigenvalue weighted by Gasteiger charge is 2.00. The largest absolute Gasteiger partial charge is 0.481 e. The summed E-state index contributed by atoms with van der Waals surface area (Å²) in [5, 5.41) is 11.0. The Hall–Kier alpha value is -2.10. The molecule has 1 rings (SSSR count). The first kappa shape index (κ1) is 14.0. The minimum Gasteiger partial charge on any atom is -0.481 e. The van der Waals surface area contributed by atoms with Crippen LogP contribution in [-0.2, 0) is 9.59 Å². The van der Waals surface area contributed by atoms with E-state index < -0.39 is 5.97 Å². The molecule has 0 fully saturated rings. The molecule has 1 amide bonds. The zero-order valence-electron chi connectivity index (χ0n) is 10.1. The van der Waals surface area contributed by atoms with Crippen molar-refractivity contribution in [1.29, 1.82) is 0 Å². The number of amides is 1. The van der Waals surface area contributed by atoms with Crippen LogP contribution in [0.3, 0.4) is 0 Å². The molecule has 0 bridgehead atoms. The van der Waals surface area contributed by atoms with Gasteiger partial charge in [0.25, 0.3) is 0 Å². The van der Waals surface area contributed by atoms with Gasteiger partial charge in [-0.25, -0.2) is 0 Å². The number of benzene rings is 1. The van der Waals surface area contributed by atoms with Crippen molar-refractivity contribution in [2.75, 3.05) is 6.54 Å². The van der Waals surface area contributed by atoms with Crippen molar-refractivity contribution < 1.29 is 14.7 Å². The molecule has 0 aromatic heterocycles. The average molecular weight is 247 g/mol. The molecule has 2 N–H and O–H groups in total. The molecule has 0 heterocycles. The molecular weight excluding hydrogens is 230 g/mol. The first-order chi connectivity index (χ1) is 8.68. The zero-order valence-corrected chi connectivity index (χ0v) is 10.1. The van der Waals surface area contributed by atoms with E-state index in [0.29, 0.717) is 12.8 Å². The summed E-state index contributed by atoms with van der Waals surface area (Å²) in [6, 6.07) is 9.84. The van der Waals surface area contributed by atoms with Crippen LogP contribution in [-0.4, -0.2) is 23.5 Å². The Labute approximate surface area is 106 Å². The van der Waals surface area contributed by atoms with E-state index in [1.54, 1.807) is 0 Å². The van der Waals surface area contributed by atoms with Crippen LogP contribution in [0.4, 0.5) is 0 Å². The topological polar surface area (TPSA) is 66.4 Å². The van der Waals surface area contributed by atoms with Gasteiger partial charge in [-0.3, -0.25) is 9.59 Å². The Bertz CT molecular complexity index is 412. The zero-order chi connectivity index (χ0) is 13.2. The van der Waals surface area contributed by atoms with Gasteiger partial charge < -0.3 is 10.4 Å². The molecule has 1 aromatic carbocycles. The fourth-order valence-electron chi connectivity index (χ4n) is 1.40. The van der Waals surface area contributed by atoms with Crippen molar-refractivity contribution in [3.63, 3.8) is 0 Å². The van der Waals surface area contributed by atoms with Crippen LogP contribution >= 0.6 is 0 Å². The highest BCUT2D eigenvalue weighted by molar-refractivity contribution is 5.77. The second kappa shape index (κ2) is 8.06. The molecule has 0 atom stereocenters. The standard InChI is InChI=1S/C14H17NO3/c16-13(15-11-10-14(17)18)9-5-4-8-12-6-2-1-3-7-12/h1-4,6-8H,5,9-11H2,(H,15,16)(H,17,18)/b8-4+. The number of carbonyl (C=O) groups excluding carboxylic acids is 1. The van der Waals surface area contributed by atoms with Gasteiger partial charge >= 0.3 is 5.97 Å². The summed E-state index contributed by atoms with van der Waals surface area (Å²) in [7, 11) is 0. The number of aliphatic carboxylic acids is 1. The van der Waals surface area contributed by atoms with Gasteiger partial charge in [0.15, 0.2) is 0 Å². The van der Waals surface area contributed by atoms with Crippen LogP contribution in [0.5, 0.6) is 0 Å². The number of nitrogens with one attached hydrogen (secondary N) is 1. The second-order valence-corrected chi connectivity index (χ2v) is 3.85. The van der Waals surface area contributed by atoms with Crippen molar-refractivity contribution >= 4 is 18.0 Å². The number of carbonyl (C=O) groups is 2. The third kappa shape index (κ3) is 6.48. The molecule has 0 radical (unpaired) electrons. The third-order valence-electron chi connectivity index (χ3n) is 2.31. The lowest BCUT2D eigenvalue weighted by Crippen LogP contribution is -2.25. The molecule has 4 nitrogen and oxygen atoms in total. The van der Waals surface area contributed by atoms with Crippen molar-refractivity contribution in [1.82, 2.24) is 5.32 Å². The smallest absolute Gasteiger partial charge is 0.305 e. The van der Waals surface area contributed by atoms with Gasteiger partial charge in [0.05, 0.1) is 6.42 Å². The molecule has 0 unspecified atom stereocenters. The maximum atomic E-state index is 11.3. The number of rotatable bonds is 7.